The highest BCUT2D eigenvalue weighted by Gasteiger charge is 2.44. The molecule has 16 nitrogen and oxygen atoms in total. The molecular weight excluding hydrogens is 845 g/mol. The molecule has 65 heavy (non-hydrogen) atoms. The molecule has 5 aromatic rings. The number of piperidine rings is 1. The fraction of sp³-hybridized carbons (Fsp3) is 0.500. The van der Waals surface area contributed by atoms with Crippen LogP contribution in [0.15, 0.2) is 70.7 Å². The number of likely N-dealkylation sites (tertiary alicyclic amines) is 2. The summed E-state index contributed by atoms with van der Waals surface area (Å²) in [4.78, 5) is 42.5. The Balaban J connectivity index is 0.748. The average Bonchev–Trinajstić information content (AvgIpc) is 4.06. The molecular formula is C48H60N10O6S. The summed E-state index contributed by atoms with van der Waals surface area (Å²) in [5, 5.41) is 41.0. The fourth-order valence-corrected chi connectivity index (χ4v) is 10.9. The molecule has 4 aliphatic rings. The molecule has 3 fully saturated rings. The van der Waals surface area contributed by atoms with Crippen LogP contribution in [0.25, 0.3) is 21.7 Å². The Hall–Kier alpha value is -5.62. The van der Waals surface area contributed by atoms with E-state index in [4.69, 9.17) is 9.26 Å². The lowest BCUT2D eigenvalue weighted by atomic mass is 9.91. The average molecular weight is 905 g/mol. The van der Waals surface area contributed by atoms with E-state index in [1.54, 1.807) is 23.5 Å². The molecule has 0 unspecified atom stereocenters. The Morgan fingerprint density at radius 1 is 1.02 bits per heavy atom. The second-order valence-electron chi connectivity index (χ2n) is 18.4. The second-order valence-corrected chi connectivity index (χ2v) is 19.2. The summed E-state index contributed by atoms with van der Waals surface area (Å²) in [6.45, 7) is 16.0. The first-order valence-corrected chi connectivity index (χ1v) is 23.8. The summed E-state index contributed by atoms with van der Waals surface area (Å²) in [7, 11) is 0. The number of phenolic OH excluding ortho intramolecular Hbond substituents is 1. The van der Waals surface area contributed by atoms with Crippen LogP contribution in [0.1, 0.15) is 75.9 Å². The molecule has 9 rings (SSSR count). The predicted molar refractivity (Wildman–Crippen MR) is 249 cm³/mol. The van der Waals surface area contributed by atoms with Crippen molar-refractivity contribution in [2.24, 2.45) is 5.92 Å². The van der Waals surface area contributed by atoms with Gasteiger partial charge in [0.25, 0.3) is 5.88 Å². The normalized spacial score (nSPS) is 22.6. The molecule has 2 amide bonds. The number of nitrogens with one attached hydrogen (secondary N) is 2. The largest absolute Gasteiger partial charge is 0.507 e. The van der Waals surface area contributed by atoms with E-state index in [1.165, 1.54) is 4.90 Å². The van der Waals surface area contributed by atoms with E-state index in [9.17, 15) is 19.8 Å². The molecule has 17 heteroatoms. The number of benzene rings is 2. The summed E-state index contributed by atoms with van der Waals surface area (Å²) < 4.78 is 11.8. The van der Waals surface area contributed by atoms with Crippen LogP contribution in [0.4, 0.5) is 11.5 Å². The number of hydrogen-bond acceptors (Lipinski definition) is 15. The number of carbonyl (C=O) groups excluding carboxylic acids is 2. The van der Waals surface area contributed by atoms with E-state index < -0.39 is 18.1 Å². The highest BCUT2D eigenvalue weighted by molar-refractivity contribution is 7.13. The monoisotopic (exact) mass is 904 g/mol. The lowest BCUT2D eigenvalue weighted by Gasteiger charge is -2.51. The molecule has 0 saturated carbocycles. The fourth-order valence-electron chi connectivity index (χ4n) is 10.1. The number of aliphatic hydroxyl groups is 1. The van der Waals surface area contributed by atoms with E-state index >= 15 is 0 Å². The number of aryl methyl sites for hydroxylation is 1. The maximum absolute atomic E-state index is 14.2. The first-order chi connectivity index (χ1) is 31.4. The van der Waals surface area contributed by atoms with Gasteiger partial charge in [0, 0.05) is 62.9 Å². The Labute approximate surface area is 384 Å². The number of aliphatic hydroxyl groups excluding tert-OH is 1. The number of phenols is 1. The van der Waals surface area contributed by atoms with Gasteiger partial charge in [0.05, 0.1) is 45.7 Å². The Morgan fingerprint density at radius 2 is 1.80 bits per heavy atom. The highest BCUT2D eigenvalue weighted by Crippen LogP contribution is 2.39. The molecule has 0 bridgehead atoms. The first kappa shape index (κ1) is 44.6. The third kappa shape index (κ3) is 9.42. The topological polar surface area (TPSA) is 186 Å². The number of rotatable bonds is 13. The van der Waals surface area contributed by atoms with E-state index in [-0.39, 0.29) is 54.6 Å². The summed E-state index contributed by atoms with van der Waals surface area (Å²) in [6, 6.07) is 18.9. The van der Waals surface area contributed by atoms with Crippen molar-refractivity contribution < 1.29 is 29.1 Å². The Kier molecular flexibility index (Phi) is 13.1. The van der Waals surface area contributed by atoms with Crippen molar-refractivity contribution in [1.29, 1.82) is 0 Å². The van der Waals surface area contributed by atoms with E-state index in [0.717, 1.165) is 85.3 Å². The minimum atomic E-state index is -0.820. The SMILES string of the molecule is Cc1ncsc1-c1ccc([C@H](C)NC(=O)[C@@H]2C[C@@H](O)CN2C(=O)[C@@H](c2cc(OCCN3CCC(N4CCN5c6cc(-c7ccccc7O)nnc6N[C@@H](C)[C@H]5C4)CC3)no2)C(C)C)cc1. The Bertz CT molecular complexity index is 2450. The minimum absolute atomic E-state index is 0.0611. The number of amides is 2. The van der Waals surface area contributed by atoms with Crippen LogP contribution in [0.3, 0.4) is 0 Å². The van der Waals surface area contributed by atoms with Gasteiger partial charge in [-0.2, -0.15) is 0 Å². The van der Waals surface area contributed by atoms with Crippen LogP contribution in [0.2, 0.25) is 0 Å². The minimum Gasteiger partial charge on any atom is -0.507 e. The highest BCUT2D eigenvalue weighted by atomic mass is 32.1. The molecule has 4 aliphatic heterocycles. The van der Waals surface area contributed by atoms with Crippen molar-refractivity contribution >= 4 is 34.7 Å². The molecule has 3 aromatic heterocycles. The van der Waals surface area contributed by atoms with Crippen molar-refractivity contribution in [1.82, 2.24) is 40.4 Å². The van der Waals surface area contributed by atoms with E-state index in [1.807, 2.05) is 81.7 Å². The number of para-hydroxylation sites is 1. The van der Waals surface area contributed by atoms with E-state index in [2.05, 4.69) is 52.6 Å². The first-order valence-electron chi connectivity index (χ1n) is 23.0. The maximum atomic E-state index is 14.2. The number of piperazine rings is 1. The number of carbonyl (C=O) groups is 2. The Morgan fingerprint density at radius 3 is 2.54 bits per heavy atom. The molecule has 0 spiro atoms. The molecule has 0 aliphatic carbocycles. The third-order valence-corrected chi connectivity index (χ3v) is 14.8. The second kappa shape index (κ2) is 19.1. The summed E-state index contributed by atoms with van der Waals surface area (Å²) in [5.41, 5.74) is 7.20. The number of aromatic hydroxyl groups is 1. The zero-order valence-corrected chi connectivity index (χ0v) is 38.6. The van der Waals surface area contributed by atoms with Gasteiger partial charge in [0.2, 0.25) is 11.8 Å². The molecule has 2 aromatic carbocycles. The smallest absolute Gasteiger partial charge is 0.254 e. The van der Waals surface area contributed by atoms with Gasteiger partial charge in [-0.1, -0.05) is 50.2 Å². The van der Waals surface area contributed by atoms with Gasteiger partial charge in [-0.3, -0.25) is 19.4 Å². The quantitative estimate of drug-likeness (QED) is 0.113. The van der Waals surface area contributed by atoms with Gasteiger partial charge in [-0.05, 0) is 87.1 Å². The van der Waals surface area contributed by atoms with Gasteiger partial charge in [-0.25, -0.2) is 4.98 Å². The molecule has 4 N–H and O–H groups in total. The van der Waals surface area contributed by atoms with Gasteiger partial charge >= 0.3 is 0 Å². The summed E-state index contributed by atoms with van der Waals surface area (Å²) in [6.07, 6.45) is 1.49. The molecule has 3 saturated heterocycles. The van der Waals surface area contributed by atoms with Gasteiger partial charge in [0.1, 0.15) is 24.3 Å². The van der Waals surface area contributed by atoms with Gasteiger partial charge in [-0.15, -0.1) is 21.5 Å². The van der Waals surface area contributed by atoms with Crippen LogP contribution in [-0.4, -0.2) is 140 Å². The zero-order valence-electron chi connectivity index (χ0n) is 37.8. The van der Waals surface area contributed by atoms with Crippen LogP contribution in [-0.2, 0) is 9.59 Å². The van der Waals surface area contributed by atoms with Crippen LogP contribution < -0.4 is 20.3 Å². The summed E-state index contributed by atoms with van der Waals surface area (Å²) >= 11 is 1.59. The number of ether oxygens (including phenoxy) is 1. The standard InChI is InChI=1S/C48H60N10O6S/c1-28(2)44(48(62)58-25-35(59)22-39(58)47(61)51-29(3)32-10-12-33(13-11-32)45-31(5)49-27-65-45)42-24-43(54-64-42)63-21-20-55-16-14-34(15-17-55)56-18-19-57-38-23-37(36-8-6-7-9-41(36)60)52-53-46(38)50-30(4)40(57)26-56/h6-13,23-24,27-30,34-35,39-40,44,59-60H,14-22,25-26H2,1-5H3,(H,50,53)(H,51,61)/t29-,30-,35+,39-,40+,44+/m0/s1. The lowest BCUT2D eigenvalue weighted by molar-refractivity contribution is -0.141. The molecule has 0 radical (unpaired) electrons. The van der Waals surface area contributed by atoms with Gasteiger partial charge in [0.15, 0.2) is 11.6 Å². The number of hydrogen-bond donors (Lipinski definition) is 4. The van der Waals surface area contributed by atoms with Crippen LogP contribution in [0, 0.1) is 12.8 Å². The van der Waals surface area contributed by atoms with Crippen molar-refractivity contribution in [2.75, 3.05) is 62.6 Å². The summed E-state index contributed by atoms with van der Waals surface area (Å²) in [5.74, 6) is 0.213. The number of anilines is 2. The maximum Gasteiger partial charge on any atom is 0.254 e. The molecule has 6 atom stereocenters. The van der Waals surface area contributed by atoms with Gasteiger partial charge < -0.3 is 39.9 Å². The number of thiazole rings is 1. The van der Waals surface area contributed by atoms with Crippen molar-refractivity contribution in [3.63, 3.8) is 0 Å². The zero-order chi connectivity index (χ0) is 45.4. The van der Waals surface area contributed by atoms with Crippen molar-refractivity contribution in [2.45, 2.75) is 96.1 Å². The number of nitrogens with zero attached hydrogens (tertiary/aromatic N) is 8. The van der Waals surface area contributed by atoms with Crippen LogP contribution in [0.5, 0.6) is 11.6 Å². The van der Waals surface area contributed by atoms with Crippen molar-refractivity contribution in [3.8, 4) is 33.3 Å². The lowest BCUT2D eigenvalue weighted by Crippen LogP contribution is -2.63. The number of β-amino-alcohol motifs (C(OH)–C–C–N with tert-alkyl or cyclic N) is 1. The number of fused-ring (bicyclic) bond motifs is 3. The predicted octanol–water partition coefficient (Wildman–Crippen LogP) is 5.70. The van der Waals surface area contributed by atoms with E-state index in [0.29, 0.717) is 35.5 Å². The van der Waals surface area contributed by atoms with Crippen LogP contribution >= 0.6 is 11.3 Å². The third-order valence-electron chi connectivity index (χ3n) is 13.8. The van der Waals surface area contributed by atoms with Crippen molar-refractivity contribution in [3.05, 3.63) is 83.2 Å². The molecule has 344 valence electrons. The number of aromatic nitrogens is 4. The molecule has 7 heterocycles.